The number of halogens is 5. The van der Waals surface area contributed by atoms with E-state index in [1.807, 2.05) is 0 Å². The summed E-state index contributed by atoms with van der Waals surface area (Å²) in [6, 6.07) is 0.364. The molecular weight excluding hydrogens is 285 g/mol. The molecule has 1 aliphatic carbocycles. The number of aliphatic hydroxyl groups is 1. The van der Waals surface area contributed by atoms with Crippen LogP contribution >= 0.6 is 0 Å². The molecule has 0 heterocycles. The van der Waals surface area contributed by atoms with Crippen LogP contribution in [0.25, 0.3) is 0 Å². The van der Waals surface area contributed by atoms with E-state index in [1.54, 1.807) is 6.92 Å². The lowest BCUT2D eigenvalue weighted by atomic mass is 9.97. The Bertz CT molecular complexity index is 307. The van der Waals surface area contributed by atoms with Crippen LogP contribution in [0.1, 0.15) is 32.6 Å². The van der Waals surface area contributed by atoms with Gasteiger partial charge in [0, 0.05) is 18.2 Å². The molecule has 1 saturated carbocycles. The zero-order chi connectivity index (χ0) is 15.4. The molecule has 0 spiro atoms. The van der Waals surface area contributed by atoms with Gasteiger partial charge in [-0.1, -0.05) is 0 Å². The second-order valence-corrected chi connectivity index (χ2v) is 5.50. The topological polar surface area (TPSA) is 41.5 Å². The van der Waals surface area contributed by atoms with Gasteiger partial charge in [0.25, 0.3) is 0 Å². The molecule has 120 valence electrons. The van der Waals surface area contributed by atoms with Crippen molar-refractivity contribution in [3.8, 4) is 0 Å². The van der Waals surface area contributed by atoms with Crippen LogP contribution in [0.4, 0.5) is 22.0 Å². The van der Waals surface area contributed by atoms with Crippen LogP contribution in [0, 0.1) is 0 Å². The van der Waals surface area contributed by atoms with E-state index in [4.69, 9.17) is 0 Å². The molecule has 0 aromatic heterocycles. The van der Waals surface area contributed by atoms with Crippen molar-refractivity contribution in [3.63, 3.8) is 0 Å². The van der Waals surface area contributed by atoms with Crippen LogP contribution in [0.3, 0.4) is 0 Å². The molecule has 8 heteroatoms. The summed E-state index contributed by atoms with van der Waals surface area (Å²) >= 11 is 0. The van der Waals surface area contributed by atoms with Crippen LogP contribution in [0.15, 0.2) is 0 Å². The Morgan fingerprint density at radius 2 is 1.80 bits per heavy atom. The van der Waals surface area contributed by atoms with Crippen molar-refractivity contribution >= 4 is 0 Å². The summed E-state index contributed by atoms with van der Waals surface area (Å²) in [6.45, 7) is -0.201. The summed E-state index contributed by atoms with van der Waals surface area (Å²) in [4.78, 5) is 0. The maximum absolute atomic E-state index is 12.5. The highest BCUT2D eigenvalue weighted by Crippen LogP contribution is 2.35. The molecule has 0 aromatic rings. The third-order valence-corrected chi connectivity index (χ3v) is 3.19. The minimum atomic E-state index is -5.58. The van der Waals surface area contributed by atoms with Gasteiger partial charge in [0.15, 0.2) is 0 Å². The van der Waals surface area contributed by atoms with Crippen LogP contribution in [0.5, 0.6) is 0 Å². The maximum Gasteiger partial charge on any atom is 0.455 e. The largest absolute Gasteiger partial charge is 0.455 e. The van der Waals surface area contributed by atoms with Crippen molar-refractivity contribution in [2.75, 3.05) is 19.8 Å². The van der Waals surface area contributed by atoms with E-state index in [9.17, 15) is 27.1 Å². The monoisotopic (exact) mass is 305 g/mol. The van der Waals surface area contributed by atoms with Gasteiger partial charge in [0.1, 0.15) is 6.61 Å². The number of hydrogen-bond donors (Lipinski definition) is 2. The first-order valence-corrected chi connectivity index (χ1v) is 6.50. The minimum absolute atomic E-state index is 0.123. The highest BCUT2D eigenvalue weighted by Gasteiger charge is 2.57. The summed E-state index contributed by atoms with van der Waals surface area (Å²) in [5.41, 5.74) is -0.545. The first kappa shape index (κ1) is 17.6. The zero-order valence-corrected chi connectivity index (χ0v) is 11.3. The molecule has 0 aliphatic heterocycles. The normalized spacial score (nSPS) is 19.9. The van der Waals surface area contributed by atoms with E-state index in [2.05, 4.69) is 10.1 Å². The Morgan fingerprint density at radius 3 is 2.25 bits per heavy atom. The molecule has 1 unspecified atom stereocenters. The first-order chi connectivity index (χ1) is 9.10. The maximum atomic E-state index is 12.5. The number of hydrogen-bond acceptors (Lipinski definition) is 3. The van der Waals surface area contributed by atoms with Crippen molar-refractivity contribution < 1.29 is 31.8 Å². The number of alkyl halides is 5. The fourth-order valence-electron chi connectivity index (χ4n) is 1.76. The molecular formula is C12H20F5NO2. The molecule has 0 aromatic carbocycles. The van der Waals surface area contributed by atoms with Gasteiger partial charge in [-0.15, -0.1) is 0 Å². The van der Waals surface area contributed by atoms with E-state index >= 15 is 0 Å². The molecule has 0 radical (unpaired) electrons. The summed E-state index contributed by atoms with van der Waals surface area (Å²) in [5.74, 6) is -4.82. The van der Waals surface area contributed by atoms with Crippen LogP contribution in [-0.2, 0) is 4.74 Å². The summed E-state index contributed by atoms with van der Waals surface area (Å²) in [6.07, 6.45) is -2.78. The lowest BCUT2D eigenvalue weighted by Crippen LogP contribution is -2.47. The van der Waals surface area contributed by atoms with E-state index in [-0.39, 0.29) is 13.2 Å². The molecule has 20 heavy (non-hydrogen) atoms. The third-order valence-electron chi connectivity index (χ3n) is 3.19. The fraction of sp³-hybridized carbons (Fsp3) is 1.00. The van der Waals surface area contributed by atoms with E-state index in [0.717, 1.165) is 12.8 Å². The molecule has 1 aliphatic rings. The average Bonchev–Trinajstić information content (AvgIpc) is 3.10. The Kier molecular flexibility index (Phi) is 5.74. The standard InChI is InChI=1S/C12H20F5NO2/c1-10(7-19,18-9-3-4-9)5-2-6-20-8-11(13,14)12(15,16)17/h9,18-19H,2-8H2,1H3. The smallest absolute Gasteiger partial charge is 0.394 e. The second-order valence-electron chi connectivity index (χ2n) is 5.50. The third kappa shape index (κ3) is 5.49. The molecule has 1 fully saturated rings. The molecule has 0 bridgehead atoms. The number of rotatable bonds is 9. The Hall–Kier alpha value is -0.470. The van der Waals surface area contributed by atoms with Gasteiger partial charge in [-0.2, -0.15) is 22.0 Å². The molecule has 2 N–H and O–H groups in total. The van der Waals surface area contributed by atoms with Crippen molar-refractivity contribution in [1.29, 1.82) is 0 Å². The number of aliphatic hydroxyl groups excluding tert-OH is 1. The van der Waals surface area contributed by atoms with Gasteiger partial charge >= 0.3 is 12.1 Å². The van der Waals surface area contributed by atoms with Crippen LogP contribution < -0.4 is 5.32 Å². The molecule has 1 atom stereocenters. The minimum Gasteiger partial charge on any atom is -0.394 e. The fourth-order valence-corrected chi connectivity index (χ4v) is 1.76. The molecule has 0 amide bonds. The van der Waals surface area contributed by atoms with E-state index < -0.39 is 24.2 Å². The predicted octanol–water partition coefficient (Wildman–Crippen LogP) is 2.48. The van der Waals surface area contributed by atoms with E-state index in [1.165, 1.54) is 0 Å². The summed E-state index contributed by atoms with van der Waals surface area (Å²) < 4.78 is 65.1. The van der Waals surface area contributed by atoms with Gasteiger partial charge in [0.2, 0.25) is 0 Å². The van der Waals surface area contributed by atoms with Crippen molar-refractivity contribution in [1.82, 2.24) is 5.32 Å². The highest BCUT2D eigenvalue weighted by molar-refractivity contribution is 4.92. The molecule has 3 nitrogen and oxygen atoms in total. The Balaban J connectivity index is 2.20. The average molecular weight is 305 g/mol. The summed E-state index contributed by atoms with van der Waals surface area (Å²) in [7, 11) is 0. The van der Waals surface area contributed by atoms with Crippen LogP contribution in [0.2, 0.25) is 0 Å². The quantitative estimate of drug-likeness (QED) is 0.508. The Labute approximate surface area is 114 Å². The van der Waals surface area contributed by atoms with Gasteiger partial charge in [-0.25, -0.2) is 0 Å². The first-order valence-electron chi connectivity index (χ1n) is 6.50. The van der Waals surface area contributed by atoms with Gasteiger partial charge in [0.05, 0.1) is 6.61 Å². The lowest BCUT2D eigenvalue weighted by molar-refractivity contribution is -0.296. The molecule has 0 saturated heterocycles. The summed E-state index contributed by atoms with van der Waals surface area (Å²) in [5, 5.41) is 12.5. The lowest BCUT2D eigenvalue weighted by Gasteiger charge is -2.29. The highest BCUT2D eigenvalue weighted by atomic mass is 19.4. The second kappa shape index (κ2) is 6.53. The SMILES string of the molecule is CC(CO)(CCCOCC(F)(F)C(F)(F)F)NC1CC1. The van der Waals surface area contributed by atoms with Crippen molar-refractivity contribution in [2.45, 2.75) is 56.3 Å². The predicted molar refractivity (Wildman–Crippen MR) is 62.7 cm³/mol. The number of nitrogens with one attached hydrogen (secondary N) is 1. The van der Waals surface area contributed by atoms with Crippen LogP contribution in [-0.4, -0.2) is 48.6 Å². The number of ether oxygens (including phenoxy) is 1. The molecule has 1 rings (SSSR count). The zero-order valence-electron chi connectivity index (χ0n) is 11.3. The van der Waals surface area contributed by atoms with E-state index in [0.29, 0.717) is 18.9 Å². The Morgan fingerprint density at radius 1 is 1.20 bits per heavy atom. The van der Waals surface area contributed by atoms with Gasteiger partial charge < -0.3 is 15.2 Å². The van der Waals surface area contributed by atoms with Gasteiger partial charge in [-0.3, -0.25) is 0 Å². The van der Waals surface area contributed by atoms with Crippen molar-refractivity contribution in [3.05, 3.63) is 0 Å². The van der Waals surface area contributed by atoms with Gasteiger partial charge in [-0.05, 0) is 32.6 Å². The van der Waals surface area contributed by atoms with Crippen molar-refractivity contribution in [2.24, 2.45) is 0 Å².